The quantitative estimate of drug-likeness (QED) is 0.118. The molecule has 3 aliphatic carbocycles. The molecule has 6 heterocycles. The van der Waals surface area contributed by atoms with E-state index in [0.717, 1.165) is 61.2 Å². The molecule has 24 aromatic rings. The molecule has 0 atom stereocenters. The van der Waals surface area contributed by atoms with Crippen LogP contribution < -0.4 is 0 Å². The van der Waals surface area contributed by atoms with Gasteiger partial charge in [-0.1, -0.05) is 406 Å². The lowest BCUT2D eigenvalue weighted by atomic mass is 9.78. The number of hydrogen-bond donors (Lipinski definition) is 0. The summed E-state index contributed by atoms with van der Waals surface area (Å²) in [5.41, 5.74) is 31.9. The molecule has 0 bridgehead atoms. The van der Waals surface area contributed by atoms with Crippen molar-refractivity contribution < 1.29 is 0 Å². The number of rotatable bonds is 12. The van der Waals surface area contributed by atoms with Crippen LogP contribution in [-0.2, 0) is 16.2 Å². The number of hydrogen-bond acceptors (Lipinski definition) is 12. The molecule has 0 spiro atoms. The number of fused-ring (bicyclic) bond motifs is 20. The van der Waals surface area contributed by atoms with Crippen LogP contribution in [0.15, 0.2) is 419 Å². The van der Waals surface area contributed by atoms with E-state index in [1.807, 2.05) is 216 Å². The first-order valence-corrected chi connectivity index (χ1v) is 49.3. The maximum absolute atomic E-state index is 4.97. The fourth-order valence-electron chi connectivity index (χ4n) is 21.0. The zero-order chi connectivity index (χ0) is 92.5. The lowest BCUT2D eigenvalue weighted by molar-refractivity contribution is 0.661. The van der Waals surface area contributed by atoms with Gasteiger partial charge in [0.2, 0.25) is 0 Å². The van der Waals surface area contributed by atoms with Gasteiger partial charge in [0, 0.05) is 138 Å². The molecule has 0 amide bonds. The first-order valence-electron chi connectivity index (χ1n) is 46.9. The first kappa shape index (κ1) is 83.5. The zero-order valence-corrected chi connectivity index (χ0v) is 79.0. The van der Waals surface area contributed by atoms with Gasteiger partial charge in [-0.05, 0) is 144 Å². The van der Waals surface area contributed by atoms with Crippen LogP contribution in [0.1, 0.15) is 74.9 Å². The first-order chi connectivity index (χ1) is 67.6. The molecular formula is C126H87N9S3. The van der Waals surface area contributed by atoms with Crippen molar-refractivity contribution in [2.24, 2.45) is 0 Å². The second-order valence-electron chi connectivity index (χ2n) is 37.4. The molecule has 0 saturated heterocycles. The maximum atomic E-state index is 4.97. The molecule has 0 N–H and O–H groups in total. The lowest BCUT2D eigenvalue weighted by Gasteiger charge is -2.24. The average Bonchev–Trinajstić information content (AvgIpc) is 1.48. The molecular weight excluding hydrogens is 1740 g/mol. The van der Waals surface area contributed by atoms with E-state index in [1.54, 1.807) is 0 Å². The second-order valence-corrected chi connectivity index (χ2v) is 40.6. The number of nitrogens with zero attached hydrogens (tertiary/aromatic N) is 9. The molecule has 138 heavy (non-hydrogen) atoms. The molecule has 0 aliphatic heterocycles. The third-order valence-electron chi connectivity index (χ3n) is 28.0. The Kier molecular flexibility index (Phi) is 20.3. The summed E-state index contributed by atoms with van der Waals surface area (Å²) < 4.78 is 8.16. The predicted octanol–water partition coefficient (Wildman–Crippen LogP) is 33.6. The van der Waals surface area contributed by atoms with Gasteiger partial charge < -0.3 is 0 Å². The second kappa shape index (κ2) is 33.6. The van der Waals surface area contributed by atoms with Crippen LogP contribution in [0.3, 0.4) is 0 Å². The minimum atomic E-state index is -0.131. The molecule has 6 aromatic heterocycles. The highest BCUT2D eigenvalue weighted by Crippen LogP contribution is 2.59. The zero-order valence-electron chi connectivity index (χ0n) is 76.6. The summed E-state index contributed by atoms with van der Waals surface area (Å²) in [6.45, 7) is 14.2. The molecule has 9 nitrogen and oxygen atoms in total. The smallest absolute Gasteiger partial charge is 0.164 e. The van der Waals surface area contributed by atoms with E-state index < -0.39 is 0 Å². The largest absolute Gasteiger partial charge is 0.208 e. The van der Waals surface area contributed by atoms with Crippen LogP contribution in [-0.4, -0.2) is 44.9 Å². The Labute approximate surface area is 812 Å². The summed E-state index contributed by atoms with van der Waals surface area (Å²) in [7, 11) is 0. The van der Waals surface area contributed by atoms with Crippen molar-refractivity contribution in [1.29, 1.82) is 0 Å². The fourth-order valence-corrected chi connectivity index (χ4v) is 24.6. The Bertz CT molecular complexity index is 8770. The highest BCUT2D eigenvalue weighted by Gasteiger charge is 2.42. The fraction of sp³-hybridized carbons (Fsp3) is 0.0714. The van der Waals surface area contributed by atoms with E-state index >= 15 is 0 Å². The van der Waals surface area contributed by atoms with E-state index in [1.165, 1.54) is 150 Å². The summed E-state index contributed by atoms with van der Waals surface area (Å²) in [4.78, 5) is 44.3. The Morgan fingerprint density at radius 3 is 0.877 bits per heavy atom. The Hall–Kier alpha value is -16.4. The van der Waals surface area contributed by atoms with Gasteiger partial charge in [0.15, 0.2) is 52.4 Å². The van der Waals surface area contributed by atoms with E-state index in [2.05, 4.69) is 278 Å². The summed E-state index contributed by atoms with van der Waals surface area (Å²) >= 11 is 5.71. The van der Waals surface area contributed by atoms with Gasteiger partial charge in [-0.15, -0.1) is 34.0 Å². The minimum Gasteiger partial charge on any atom is -0.208 e. The van der Waals surface area contributed by atoms with Crippen LogP contribution in [0.2, 0.25) is 0 Å². The molecule has 27 rings (SSSR count). The van der Waals surface area contributed by atoms with Gasteiger partial charge in [-0.3, -0.25) is 0 Å². The van der Waals surface area contributed by atoms with E-state index in [-0.39, 0.29) is 16.2 Å². The van der Waals surface area contributed by atoms with Crippen molar-refractivity contribution in [3.05, 3.63) is 452 Å². The van der Waals surface area contributed by atoms with Gasteiger partial charge in [0.05, 0.1) is 0 Å². The molecule has 3 aliphatic rings. The van der Waals surface area contributed by atoms with Crippen LogP contribution in [0.4, 0.5) is 0 Å². The highest BCUT2D eigenvalue weighted by molar-refractivity contribution is 7.27. The topological polar surface area (TPSA) is 116 Å². The number of aromatic nitrogens is 9. The summed E-state index contributed by atoms with van der Waals surface area (Å²) in [5, 5.41) is 8.07. The monoisotopic (exact) mass is 1820 g/mol. The van der Waals surface area contributed by atoms with Gasteiger partial charge in [0.1, 0.15) is 0 Å². The van der Waals surface area contributed by atoms with Crippen molar-refractivity contribution in [3.63, 3.8) is 0 Å². The molecule has 0 fully saturated rings. The standard InChI is InChI=1S/3C42H29N3S/c1-42(2)35-23-29(20-21-31(35)33-24-34-32-18-9-10-19-37(32)46-38(34)25-36(33)42)28-16-11-17-30(22-28)41-44-39(26-12-5-3-6-13-26)43-40(45-41)27-14-7-4-8-15-27;1-42(2)34-23-22-32-31-18-9-10-19-36(31)46-38(32)37(34)33-21-20-29(25-35(33)42)28-16-11-17-30(24-28)41-44-39(26-12-5-3-6-13-26)43-40(45-41)27-14-7-4-8-15-27;1-42(2)34-25-24-32-31-16-9-10-19-35(31)46-38(32)36(34)33-18-11-17-30(37(33)42)26-20-22-29(23-21-26)41-44-39(27-12-5-3-6-13-27)43-40(45-41)28-14-7-4-8-15-28/h3*3-25H,1-2H3. The van der Waals surface area contributed by atoms with Crippen LogP contribution in [0, 0.1) is 0 Å². The van der Waals surface area contributed by atoms with E-state index in [4.69, 9.17) is 44.9 Å². The summed E-state index contributed by atoms with van der Waals surface area (Å²) in [6, 6.07) is 148. The molecule has 18 aromatic carbocycles. The number of thiophene rings is 3. The third kappa shape index (κ3) is 14.5. The van der Waals surface area contributed by atoms with Crippen LogP contribution >= 0.6 is 34.0 Å². The maximum Gasteiger partial charge on any atom is 0.164 e. The molecule has 0 saturated carbocycles. The van der Waals surface area contributed by atoms with Gasteiger partial charge in [-0.2, -0.15) is 0 Å². The van der Waals surface area contributed by atoms with E-state index in [0.29, 0.717) is 52.4 Å². The van der Waals surface area contributed by atoms with Crippen molar-refractivity contribution >= 4 is 94.5 Å². The third-order valence-corrected chi connectivity index (χ3v) is 31.5. The SMILES string of the molecule is CC1(C)c2cc(-c3cccc(-c4nc(-c5ccccc5)nc(-c5ccccc5)n4)c3)ccc2-c2c1ccc1c2sc2ccccc21.CC1(C)c2cc(-c3cccc(-c4nc(-c5ccccc5)nc(-c5ccccc5)n4)c3)ccc2-c2cc3c(cc21)sc1ccccc13.CC1(C)c2ccc3c(sc4ccccc43)c2-c2cccc(-c3ccc(-c4nc(-c5ccccc5)nc(-c5ccccc5)n4)cc3)c21. The van der Waals surface area contributed by atoms with E-state index in [9.17, 15) is 0 Å². The van der Waals surface area contributed by atoms with Gasteiger partial charge in [-0.25, -0.2) is 44.9 Å². The Morgan fingerprint density at radius 1 is 0.159 bits per heavy atom. The molecule has 0 unspecified atom stereocenters. The molecule has 654 valence electrons. The van der Waals surface area contributed by atoms with Crippen LogP contribution in [0.25, 0.3) is 230 Å². The minimum absolute atomic E-state index is 0.105. The van der Waals surface area contributed by atoms with Gasteiger partial charge >= 0.3 is 0 Å². The van der Waals surface area contributed by atoms with Crippen molar-refractivity contribution in [2.75, 3.05) is 0 Å². The normalized spacial score (nSPS) is 13.2. The van der Waals surface area contributed by atoms with Gasteiger partial charge in [0.25, 0.3) is 0 Å². The lowest BCUT2D eigenvalue weighted by Crippen LogP contribution is -2.16. The Morgan fingerprint density at radius 2 is 0.449 bits per heavy atom. The van der Waals surface area contributed by atoms with Crippen molar-refractivity contribution in [1.82, 2.24) is 44.9 Å². The van der Waals surface area contributed by atoms with Crippen LogP contribution in [0.5, 0.6) is 0 Å². The highest BCUT2D eigenvalue weighted by atomic mass is 32.1. The van der Waals surface area contributed by atoms with Crippen molar-refractivity contribution in [2.45, 2.75) is 57.8 Å². The molecule has 12 heteroatoms. The Balaban J connectivity index is 0.000000110. The number of benzene rings is 18. The predicted molar refractivity (Wildman–Crippen MR) is 576 cm³/mol. The summed E-state index contributed by atoms with van der Waals surface area (Å²) in [6.07, 6.45) is 0. The van der Waals surface area contributed by atoms with Crippen molar-refractivity contribution in [3.8, 4) is 169 Å². The average molecular weight is 1820 g/mol. The summed E-state index contributed by atoms with van der Waals surface area (Å²) in [5.74, 6) is 5.99. The molecule has 0 radical (unpaired) electrons.